The number of thiophene rings is 1. The zero-order valence-electron chi connectivity index (χ0n) is 13.3. The Bertz CT molecular complexity index is 505. The predicted molar refractivity (Wildman–Crippen MR) is 89.3 cm³/mol. The Morgan fingerprint density at radius 2 is 2.18 bits per heavy atom. The lowest BCUT2D eigenvalue weighted by molar-refractivity contribution is -0.135. The summed E-state index contributed by atoms with van der Waals surface area (Å²) in [4.78, 5) is 18.7. The molecule has 1 aromatic heterocycles. The summed E-state index contributed by atoms with van der Waals surface area (Å²) in [5.74, 6) is 0.400. The topological polar surface area (TPSA) is 43.8 Å². The summed E-state index contributed by atoms with van der Waals surface area (Å²) in [6.45, 7) is 5.68. The summed E-state index contributed by atoms with van der Waals surface area (Å²) in [5, 5.41) is 11.5. The van der Waals surface area contributed by atoms with Crippen LogP contribution in [0.5, 0.6) is 0 Å². The predicted octanol–water partition coefficient (Wildman–Crippen LogP) is 2.08. The van der Waals surface area contributed by atoms with Crippen molar-refractivity contribution >= 4 is 17.2 Å². The van der Waals surface area contributed by atoms with Gasteiger partial charge in [-0.1, -0.05) is 6.92 Å². The summed E-state index contributed by atoms with van der Waals surface area (Å²) in [5.41, 5.74) is 1.28. The second-order valence-electron chi connectivity index (χ2n) is 6.35. The molecule has 1 amide bonds. The molecule has 5 heteroatoms. The van der Waals surface area contributed by atoms with Crippen LogP contribution < -0.4 is 0 Å². The fraction of sp³-hybridized carbons (Fsp3) is 0.706. The van der Waals surface area contributed by atoms with Gasteiger partial charge in [0.1, 0.15) is 0 Å². The Balaban J connectivity index is 1.62. The Labute approximate surface area is 136 Å². The highest BCUT2D eigenvalue weighted by Gasteiger charge is 2.32. The molecule has 0 aromatic carbocycles. The van der Waals surface area contributed by atoms with Crippen LogP contribution in [0.3, 0.4) is 0 Å². The SMILES string of the molecule is CCC(CO)N1CCN(C(=O)C2CCCc3sccc32)CC1. The van der Waals surface area contributed by atoms with E-state index in [1.54, 1.807) is 11.3 Å². The second kappa shape index (κ2) is 7.11. The first-order chi connectivity index (χ1) is 10.7. The number of aliphatic hydroxyl groups excluding tert-OH is 1. The lowest BCUT2D eigenvalue weighted by Gasteiger charge is -2.40. The number of nitrogens with zero attached hydrogens (tertiary/aromatic N) is 2. The molecule has 0 saturated carbocycles. The monoisotopic (exact) mass is 322 g/mol. The van der Waals surface area contributed by atoms with Crippen molar-refractivity contribution in [3.63, 3.8) is 0 Å². The van der Waals surface area contributed by atoms with Crippen LogP contribution in [0.25, 0.3) is 0 Å². The Kier molecular flexibility index (Phi) is 5.16. The number of carbonyl (C=O) groups is 1. The summed E-state index contributed by atoms with van der Waals surface area (Å²) in [7, 11) is 0. The van der Waals surface area contributed by atoms with Crippen molar-refractivity contribution in [1.82, 2.24) is 9.80 Å². The number of rotatable bonds is 4. The van der Waals surface area contributed by atoms with Crippen LogP contribution in [-0.2, 0) is 11.2 Å². The van der Waals surface area contributed by atoms with Gasteiger partial charge in [-0.2, -0.15) is 0 Å². The highest BCUT2D eigenvalue weighted by atomic mass is 32.1. The van der Waals surface area contributed by atoms with E-state index in [1.165, 1.54) is 10.4 Å². The number of fused-ring (bicyclic) bond motifs is 1. The van der Waals surface area contributed by atoms with Crippen LogP contribution in [0.4, 0.5) is 0 Å². The maximum atomic E-state index is 12.9. The van der Waals surface area contributed by atoms with Gasteiger partial charge in [-0.15, -0.1) is 11.3 Å². The highest BCUT2D eigenvalue weighted by Crippen LogP contribution is 2.36. The maximum Gasteiger partial charge on any atom is 0.230 e. The minimum Gasteiger partial charge on any atom is -0.395 e. The number of hydrogen-bond acceptors (Lipinski definition) is 4. The Hall–Kier alpha value is -0.910. The van der Waals surface area contributed by atoms with Gasteiger partial charge < -0.3 is 10.0 Å². The Morgan fingerprint density at radius 3 is 2.86 bits per heavy atom. The average Bonchev–Trinajstić information content (AvgIpc) is 3.04. The largest absolute Gasteiger partial charge is 0.395 e. The molecule has 4 nitrogen and oxygen atoms in total. The number of hydrogen-bond donors (Lipinski definition) is 1. The molecule has 1 aliphatic heterocycles. The average molecular weight is 322 g/mol. The molecule has 122 valence electrons. The van der Waals surface area contributed by atoms with Crippen molar-refractivity contribution in [1.29, 1.82) is 0 Å². The normalized spacial score (nSPS) is 24.1. The molecule has 0 spiro atoms. The van der Waals surface area contributed by atoms with Gasteiger partial charge in [0.05, 0.1) is 12.5 Å². The van der Waals surface area contributed by atoms with E-state index >= 15 is 0 Å². The fourth-order valence-electron chi connectivity index (χ4n) is 3.77. The van der Waals surface area contributed by atoms with E-state index in [4.69, 9.17) is 0 Å². The number of aliphatic hydroxyl groups is 1. The van der Waals surface area contributed by atoms with E-state index in [1.807, 2.05) is 4.90 Å². The molecule has 2 aliphatic rings. The summed E-state index contributed by atoms with van der Waals surface area (Å²) in [6, 6.07) is 2.40. The minimum absolute atomic E-state index is 0.0846. The molecule has 22 heavy (non-hydrogen) atoms. The maximum absolute atomic E-state index is 12.9. The molecule has 2 atom stereocenters. The fourth-order valence-corrected chi connectivity index (χ4v) is 4.76. The summed E-state index contributed by atoms with van der Waals surface area (Å²) >= 11 is 1.80. The van der Waals surface area contributed by atoms with Gasteiger partial charge in [-0.25, -0.2) is 0 Å². The zero-order valence-corrected chi connectivity index (χ0v) is 14.1. The molecule has 1 saturated heterocycles. The number of amides is 1. The lowest BCUT2D eigenvalue weighted by Crippen LogP contribution is -2.53. The Morgan fingerprint density at radius 1 is 1.41 bits per heavy atom. The highest BCUT2D eigenvalue weighted by molar-refractivity contribution is 7.10. The van der Waals surface area contributed by atoms with Crippen molar-refractivity contribution < 1.29 is 9.90 Å². The lowest BCUT2D eigenvalue weighted by atomic mass is 9.86. The minimum atomic E-state index is 0.0846. The summed E-state index contributed by atoms with van der Waals surface area (Å²) in [6.07, 6.45) is 4.23. The van der Waals surface area contributed by atoms with Gasteiger partial charge in [0.2, 0.25) is 5.91 Å². The van der Waals surface area contributed by atoms with Crippen LogP contribution in [0, 0.1) is 0 Å². The van der Waals surface area contributed by atoms with Crippen molar-refractivity contribution in [2.75, 3.05) is 32.8 Å². The van der Waals surface area contributed by atoms with E-state index in [0.717, 1.165) is 51.9 Å². The van der Waals surface area contributed by atoms with E-state index < -0.39 is 0 Å². The van der Waals surface area contributed by atoms with Gasteiger partial charge in [-0.3, -0.25) is 9.69 Å². The van der Waals surface area contributed by atoms with Gasteiger partial charge in [0.15, 0.2) is 0 Å². The van der Waals surface area contributed by atoms with Crippen LogP contribution >= 0.6 is 11.3 Å². The third-order valence-electron chi connectivity index (χ3n) is 5.17. The quantitative estimate of drug-likeness (QED) is 0.923. The first-order valence-corrected chi connectivity index (χ1v) is 9.32. The molecule has 1 N–H and O–H groups in total. The van der Waals surface area contributed by atoms with Crippen molar-refractivity contribution in [3.8, 4) is 0 Å². The standard InChI is InChI=1S/C17H26N2O2S/c1-2-13(12-20)18-7-9-19(10-8-18)17(21)15-4-3-5-16-14(15)6-11-22-16/h6,11,13,15,20H,2-5,7-10,12H2,1H3. The van der Waals surface area contributed by atoms with E-state index in [2.05, 4.69) is 23.3 Å². The van der Waals surface area contributed by atoms with E-state index in [9.17, 15) is 9.90 Å². The molecule has 1 aromatic rings. The molecule has 1 fully saturated rings. The van der Waals surface area contributed by atoms with Crippen molar-refractivity contribution in [2.24, 2.45) is 0 Å². The number of carbonyl (C=O) groups excluding carboxylic acids is 1. The van der Waals surface area contributed by atoms with Gasteiger partial charge in [-0.05, 0) is 42.7 Å². The third-order valence-corrected chi connectivity index (χ3v) is 6.17. The second-order valence-corrected chi connectivity index (χ2v) is 7.35. The zero-order chi connectivity index (χ0) is 15.5. The van der Waals surface area contributed by atoms with Gasteiger partial charge >= 0.3 is 0 Å². The number of piperazine rings is 1. The van der Waals surface area contributed by atoms with Crippen LogP contribution in [0.1, 0.15) is 42.5 Å². The molecular weight excluding hydrogens is 296 g/mol. The van der Waals surface area contributed by atoms with Crippen molar-refractivity contribution in [2.45, 2.75) is 44.6 Å². The first-order valence-electron chi connectivity index (χ1n) is 8.44. The van der Waals surface area contributed by atoms with E-state index in [0.29, 0.717) is 5.91 Å². The van der Waals surface area contributed by atoms with Crippen molar-refractivity contribution in [3.05, 3.63) is 21.9 Å². The first kappa shape index (κ1) is 16.0. The third kappa shape index (κ3) is 3.07. The molecule has 2 heterocycles. The van der Waals surface area contributed by atoms with Gasteiger partial charge in [0, 0.05) is 37.1 Å². The molecule has 1 aliphatic carbocycles. The van der Waals surface area contributed by atoms with Crippen LogP contribution in [-0.4, -0.2) is 59.6 Å². The summed E-state index contributed by atoms with van der Waals surface area (Å²) < 4.78 is 0. The van der Waals surface area contributed by atoms with Crippen LogP contribution in [0.2, 0.25) is 0 Å². The van der Waals surface area contributed by atoms with Crippen LogP contribution in [0.15, 0.2) is 11.4 Å². The molecule has 3 rings (SSSR count). The molecule has 0 bridgehead atoms. The smallest absolute Gasteiger partial charge is 0.230 e. The molecular formula is C17H26N2O2S. The molecule has 2 unspecified atom stereocenters. The van der Waals surface area contributed by atoms with Gasteiger partial charge in [0.25, 0.3) is 0 Å². The number of aryl methyl sites for hydroxylation is 1. The molecule has 0 radical (unpaired) electrons. The van der Waals surface area contributed by atoms with E-state index in [-0.39, 0.29) is 18.6 Å².